The molecule has 126 valence electrons. The third kappa shape index (κ3) is 4.59. The molecule has 3 rings (SSSR count). The fourth-order valence-electron chi connectivity index (χ4n) is 3.23. The van der Waals surface area contributed by atoms with Crippen molar-refractivity contribution in [2.75, 3.05) is 18.4 Å². The smallest absolute Gasteiger partial charge is 0.228 e. The van der Waals surface area contributed by atoms with E-state index in [0.29, 0.717) is 0 Å². The van der Waals surface area contributed by atoms with E-state index in [2.05, 4.69) is 22.3 Å². The number of piperidine rings is 1. The normalized spacial score (nSPS) is 18.3. The lowest BCUT2D eigenvalue weighted by atomic mass is 9.96. The van der Waals surface area contributed by atoms with Crippen molar-refractivity contribution in [1.82, 2.24) is 4.90 Å². The number of hydrogen-bond donors (Lipinski definition) is 1. The molecule has 1 aliphatic heterocycles. The van der Waals surface area contributed by atoms with Crippen molar-refractivity contribution in [3.8, 4) is 0 Å². The van der Waals surface area contributed by atoms with Gasteiger partial charge in [-0.05, 0) is 61.7 Å². The Labute approximate surface area is 148 Å². The minimum atomic E-state index is 0.0477. The summed E-state index contributed by atoms with van der Waals surface area (Å²) < 4.78 is 0. The topological polar surface area (TPSA) is 32.3 Å². The van der Waals surface area contributed by atoms with Crippen LogP contribution in [0.2, 0.25) is 5.02 Å². The van der Waals surface area contributed by atoms with E-state index in [9.17, 15) is 4.79 Å². The number of likely N-dealkylation sites (tertiary alicyclic amines) is 1. The van der Waals surface area contributed by atoms with Gasteiger partial charge in [-0.25, -0.2) is 0 Å². The lowest BCUT2D eigenvalue weighted by molar-refractivity contribution is -0.121. The second-order valence-electron chi connectivity index (χ2n) is 6.56. The fraction of sp³-hybridized carbons (Fsp3) is 0.350. The zero-order chi connectivity index (χ0) is 16.9. The molecule has 1 N–H and O–H groups in total. The van der Waals surface area contributed by atoms with Crippen LogP contribution in [0.3, 0.4) is 0 Å². The van der Waals surface area contributed by atoms with Crippen LogP contribution < -0.4 is 5.32 Å². The molecule has 1 unspecified atom stereocenters. The number of anilines is 1. The standard InChI is InChI=1S/C20H23ClN2O/c1-15-4-2-6-19(12-15)22-20(24)17-5-3-11-23(14-17)13-16-7-9-18(21)10-8-16/h2,4,6-10,12,17H,3,5,11,13-14H2,1H3,(H,22,24). The molecule has 1 amide bonds. The molecule has 2 aromatic carbocycles. The Hall–Kier alpha value is -1.84. The second-order valence-corrected chi connectivity index (χ2v) is 7.00. The molecule has 24 heavy (non-hydrogen) atoms. The first kappa shape index (κ1) is 17.0. The maximum atomic E-state index is 12.6. The van der Waals surface area contributed by atoms with Crippen molar-refractivity contribution < 1.29 is 4.79 Å². The molecule has 0 bridgehead atoms. The summed E-state index contributed by atoms with van der Waals surface area (Å²) in [4.78, 5) is 14.9. The van der Waals surface area contributed by atoms with Gasteiger partial charge in [0.15, 0.2) is 0 Å². The summed E-state index contributed by atoms with van der Waals surface area (Å²) in [5.74, 6) is 0.174. The first-order valence-corrected chi connectivity index (χ1v) is 8.82. The van der Waals surface area contributed by atoms with Gasteiger partial charge in [-0.1, -0.05) is 35.9 Å². The summed E-state index contributed by atoms with van der Waals surface area (Å²) in [6.07, 6.45) is 2.01. The zero-order valence-electron chi connectivity index (χ0n) is 14.0. The number of carbonyl (C=O) groups is 1. The number of rotatable bonds is 4. The molecule has 1 atom stereocenters. The molecule has 0 spiro atoms. The number of aryl methyl sites for hydroxylation is 1. The highest BCUT2D eigenvalue weighted by molar-refractivity contribution is 6.30. The van der Waals surface area contributed by atoms with Gasteiger partial charge in [0.05, 0.1) is 5.92 Å². The van der Waals surface area contributed by atoms with Crippen LogP contribution in [0.1, 0.15) is 24.0 Å². The highest BCUT2D eigenvalue weighted by Crippen LogP contribution is 2.21. The van der Waals surface area contributed by atoms with E-state index >= 15 is 0 Å². The molecule has 1 aliphatic rings. The zero-order valence-corrected chi connectivity index (χ0v) is 14.7. The SMILES string of the molecule is Cc1cccc(NC(=O)C2CCCN(Cc3ccc(Cl)cc3)C2)c1. The number of nitrogens with zero attached hydrogens (tertiary/aromatic N) is 1. The average molecular weight is 343 g/mol. The predicted molar refractivity (Wildman–Crippen MR) is 99.3 cm³/mol. The van der Waals surface area contributed by atoms with Crippen LogP contribution in [0.25, 0.3) is 0 Å². The van der Waals surface area contributed by atoms with E-state index in [1.165, 1.54) is 5.56 Å². The van der Waals surface area contributed by atoms with Gasteiger partial charge in [0.1, 0.15) is 0 Å². The lowest BCUT2D eigenvalue weighted by Gasteiger charge is -2.32. The molecular weight excluding hydrogens is 320 g/mol. The first-order valence-electron chi connectivity index (χ1n) is 8.44. The van der Waals surface area contributed by atoms with Crippen LogP contribution >= 0.6 is 11.6 Å². The van der Waals surface area contributed by atoms with Gasteiger partial charge < -0.3 is 5.32 Å². The second kappa shape index (κ2) is 7.82. The van der Waals surface area contributed by atoms with Crippen LogP contribution in [0.5, 0.6) is 0 Å². The summed E-state index contributed by atoms with van der Waals surface area (Å²) in [5.41, 5.74) is 3.27. The van der Waals surface area contributed by atoms with Crippen molar-refractivity contribution in [3.05, 3.63) is 64.7 Å². The summed E-state index contributed by atoms with van der Waals surface area (Å²) in [7, 11) is 0. The number of amides is 1. The Morgan fingerprint density at radius 2 is 2.04 bits per heavy atom. The molecule has 3 nitrogen and oxygen atoms in total. The molecular formula is C20H23ClN2O. The maximum Gasteiger partial charge on any atom is 0.228 e. The fourth-order valence-corrected chi connectivity index (χ4v) is 3.35. The van der Waals surface area contributed by atoms with Gasteiger partial charge in [0.2, 0.25) is 5.91 Å². The summed E-state index contributed by atoms with van der Waals surface area (Å²) in [6, 6.07) is 15.9. The van der Waals surface area contributed by atoms with Crippen molar-refractivity contribution in [2.24, 2.45) is 5.92 Å². The van der Waals surface area contributed by atoms with Gasteiger partial charge in [-0.15, -0.1) is 0 Å². The Morgan fingerprint density at radius 3 is 2.79 bits per heavy atom. The Kier molecular flexibility index (Phi) is 5.54. The highest BCUT2D eigenvalue weighted by Gasteiger charge is 2.25. The monoisotopic (exact) mass is 342 g/mol. The number of carbonyl (C=O) groups excluding carboxylic acids is 1. The first-order chi connectivity index (χ1) is 11.6. The third-order valence-corrected chi connectivity index (χ3v) is 4.73. The summed E-state index contributed by atoms with van der Waals surface area (Å²) >= 11 is 5.94. The van der Waals surface area contributed by atoms with E-state index < -0.39 is 0 Å². The predicted octanol–water partition coefficient (Wildman–Crippen LogP) is 4.50. The van der Waals surface area contributed by atoms with Gasteiger partial charge in [0, 0.05) is 23.8 Å². The van der Waals surface area contributed by atoms with Crippen molar-refractivity contribution in [3.63, 3.8) is 0 Å². The summed E-state index contributed by atoms with van der Waals surface area (Å²) in [5, 5.41) is 3.82. The molecule has 0 aromatic heterocycles. The van der Waals surface area contributed by atoms with Gasteiger partial charge in [-0.3, -0.25) is 9.69 Å². The number of benzene rings is 2. The van der Waals surface area contributed by atoms with E-state index in [1.807, 2.05) is 43.3 Å². The maximum absolute atomic E-state index is 12.6. The summed E-state index contributed by atoms with van der Waals surface area (Å²) in [6.45, 7) is 4.74. The van der Waals surface area contributed by atoms with Gasteiger partial charge >= 0.3 is 0 Å². The third-order valence-electron chi connectivity index (χ3n) is 4.48. The van der Waals surface area contributed by atoms with E-state index in [0.717, 1.165) is 48.7 Å². The number of nitrogens with one attached hydrogen (secondary N) is 1. The molecule has 0 saturated carbocycles. The van der Waals surface area contributed by atoms with Crippen LogP contribution in [0, 0.1) is 12.8 Å². The van der Waals surface area contributed by atoms with E-state index in [4.69, 9.17) is 11.6 Å². The Bertz CT molecular complexity index is 699. The van der Waals surface area contributed by atoms with E-state index in [1.54, 1.807) is 0 Å². The van der Waals surface area contributed by atoms with Crippen LogP contribution in [-0.2, 0) is 11.3 Å². The van der Waals surface area contributed by atoms with Crippen molar-refractivity contribution >= 4 is 23.2 Å². The van der Waals surface area contributed by atoms with Crippen LogP contribution in [0.4, 0.5) is 5.69 Å². The van der Waals surface area contributed by atoms with Crippen molar-refractivity contribution in [2.45, 2.75) is 26.3 Å². The number of hydrogen-bond acceptors (Lipinski definition) is 2. The molecule has 2 aromatic rings. The molecule has 1 saturated heterocycles. The Balaban J connectivity index is 1.58. The van der Waals surface area contributed by atoms with Gasteiger partial charge in [0.25, 0.3) is 0 Å². The Morgan fingerprint density at radius 1 is 1.25 bits per heavy atom. The molecule has 1 heterocycles. The average Bonchev–Trinajstić information content (AvgIpc) is 2.57. The molecule has 0 aliphatic carbocycles. The van der Waals surface area contributed by atoms with Crippen LogP contribution in [-0.4, -0.2) is 23.9 Å². The minimum Gasteiger partial charge on any atom is -0.326 e. The molecule has 0 radical (unpaired) electrons. The quantitative estimate of drug-likeness (QED) is 0.887. The van der Waals surface area contributed by atoms with Crippen LogP contribution in [0.15, 0.2) is 48.5 Å². The van der Waals surface area contributed by atoms with E-state index in [-0.39, 0.29) is 11.8 Å². The number of halogens is 1. The minimum absolute atomic E-state index is 0.0477. The molecule has 1 fully saturated rings. The molecule has 4 heteroatoms. The van der Waals surface area contributed by atoms with Crippen molar-refractivity contribution in [1.29, 1.82) is 0 Å². The van der Waals surface area contributed by atoms with Gasteiger partial charge in [-0.2, -0.15) is 0 Å². The lowest BCUT2D eigenvalue weighted by Crippen LogP contribution is -2.40. The largest absolute Gasteiger partial charge is 0.326 e. The highest BCUT2D eigenvalue weighted by atomic mass is 35.5.